The van der Waals surface area contributed by atoms with Crippen molar-refractivity contribution in [1.29, 1.82) is 0 Å². The Hall–Kier alpha value is -1.38. The number of pyridine rings is 1. The number of halogens is 1. The second-order valence-corrected chi connectivity index (χ2v) is 5.54. The maximum absolute atomic E-state index is 5.95. The highest BCUT2D eigenvalue weighted by Crippen LogP contribution is 2.16. The molecule has 3 N–H and O–H groups in total. The van der Waals surface area contributed by atoms with E-state index in [1.165, 1.54) is 32.1 Å². The van der Waals surface area contributed by atoms with Crippen LogP contribution in [0.5, 0.6) is 0 Å². The minimum Gasteiger partial charge on any atom is -0.370 e. The Morgan fingerprint density at radius 3 is 2.91 bits per heavy atom. The van der Waals surface area contributed by atoms with Gasteiger partial charge in [-0.25, -0.2) is 0 Å². The molecule has 0 bridgehead atoms. The average molecular weight is 414 g/mol. The van der Waals surface area contributed by atoms with E-state index in [1.807, 2.05) is 28.8 Å². The number of rotatable bonds is 4. The highest BCUT2D eigenvalue weighted by Gasteiger charge is 2.13. The molecule has 1 saturated carbocycles. The molecule has 1 aliphatic carbocycles. The summed E-state index contributed by atoms with van der Waals surface area (Å²) in [5.41, 5.74) is 6.82. The molecule has 0 aromatic carbocycles. The van der Waals surface area contributed by atoms with E-state index in [0.29, 0.717) is 18.5 Å². The van der Waals surface area contributed by atoms with Crippen LogP contribution in [0.1, 0.15) is 37.9 Å². The molecule has 0 saturated heterocycles. The average Bonchev–Trinajstić information content (AvgIpc) is 2.92. The zero-order valence-corrected chi connectivity index (χ0v) is 14.9. The van der Waals surface area contributed by atoms with Crippen molar-refractivity contribution in [2.24, 2.45) is 10.7 Å². The van der Waals surface area contributed by atoms with Crippen LogP contribution in [-0.2, 0) is 6.42 Å². The molecule has 1 aliphatic rings. The molecule has 7 heteroatoms. The second kappa shape index (κ2) is 8.30. The molecule has 0 unspecified atom stereocenters. The summed E-state index contributed by atoms with van der Waals surface area (Å²) in [6, 6.07) is 6.37. The van der Waals surface area contributed by atoms with Gasteiger partial charge in [-0.2, -0.15) is 0 Å². The minimum atomic E-state index is 0. The molecule has 0 spiro atoms. The van der Waals surface area contributed by atoms with Crippen LogP contribution >= 0.6 is 24.0 Å². The van der Waals surface area contributed by atoms with Crippen LogP contribution in [0, 0.1) is 0 Å². The molecule has 22 heavy (non-hydrogen) atoms. The van der Waals surface area contributed by atoms with Gasteiger partial charge in [-0.3, -0.25) is 9.39 Å². The van der Waals surface area contributed by atoms with Crippen LogP contribution < -0.4 is 11.1 Å². The fraction of sp³-hybridized carbons (Fsp3) is 0.533. The third-order valence-electron chi connectivity index (χ3n) is 3.96. The molecular weight excluding hydrogens is 391 g/mol. The van der Waals surface area contributed by atoms with Crippen molar-refractivity contribution in [2.45, 2.75) is 44.6 Å². The van der Waals surface area contributed by atoms with E-state index < -0.39 is 0 Å². The smallest absolute Gasteiger partial charge is 0.188 e. The number of guanidine groups is 1. The molecule has 0 amide bonds. The van der Waals surface area contributed by atoms with Gasteiger partial charge in [0.1, 0.15) is 5.82 Å². The van der Waals surface area contributed by atoms with E-state index in [4.69, 9.17) is 5.73 Å². The lowest BCUT2D eigenvalue weighted by Crippen LogP contribution is -2.41. The molecule has 2 aromatic heterocycles. The molecule has 1 fully saturated rings. The lowest BCUT2D eigenvalue weighted by Gasteiger charge is -2.23. The van der Waals surface area contributed by atoms with Crippen LogP contribution in [0.3, 0.4) is 0 Å². The van der Waals surface area contributed by atoms with Crippen LogP contribution in [0.4, 0.5) is 0 Å². The molecule has 3 rings (SSSR count). The number of nitrogens with zero attached hydrogens (tertiary/aromatic N) is 4. The Balaban J connectivity index is 0.00000176. The molecule has 2 aromatic rings. The first-order valence-corrected chi connectivity index (χ1v) is 7.68. The van der Waals surface area contributed by atoms with Gasteiger partial charge in [0, 0.05) is 25.2 Å². The summed E-state index contributed by atoms with van der Waals surface area (Å²) in [5.74, 6) is 1.47. The van der Waals surface area contributed by atoms with Crippen LogP contribution in [0.25, 0.3) is 5.65 Å². The third kappa shape index (κ3) is 4.31. The van der Waals surface area contributed by atoms with Crippen molar-refractivity contribution in [3.8, 4) is 0 Å². The zero-order chi connectivity index (χ0) is 14.5. The summed E-state index contributed by atoms with van der Waals surface area (Å²) in [7, 11) is 0. The first-order chi connectivity index (χ1) is 10.3. The lowest BCUT2D eigenvalue weighted by molar-refractivity contribution is 0.412. The van der Waals surface area contributed by atoms with Gasteiger partial charge in [0.05, 0.1) is 0 Å². The zero-order valence-electron chi connectivity index (χ0n) is 12.6. The molecular formula is C15H23IN6. The Labute approximate surface area is 147 Å². The van der Waals surface area contributed by atoms with Crippen molar-refractivity contribution in [2.75, 3.05) is 6.54 Å². The van der Waals surface area contributed by atoms with Gasteiger partial charge in [0.25, 0.3) is 0 Å². The summed E-state index contributed by atoms with van der Waals surface area (Å²) in [6.45, 7) is 0.626. The molecule has 0 aliphatic heterocycles. The van der Waals surface area contributed by atoms with Crippen molar-refractivity contribution >= 4 is 35.6 Å². The summed E-state index contributed by atoms with van der Waals surface area (Å²) in [6.07, 6.45) is 9.02. The van der Waals surface area contributed by atoms with Gasteiger partial charge < -0.3 is 11.1 Å². The number of hydrogen-bond donors (Lipinski definition) is 2. The summed E-state index contributed by atoms with van der Waals surface area (Å²) >= 11 is 0. The highest BCUT2D eigenvalue weighted by molar-refractivity contribution is 14.0. The number of fused-ring (bicyclic) bond motifs is 1. The van der Waals surface area contributed by atoms with E-state index in [9.17, 15) is 0 Å². The number of hydrogen-bond acceptors (Lipinski definition) is 3. The van der Waals surface area contributed by atoms with Crippen LogP contribution in [0.15, 0.2) is 29.4 Å². The van der Waals surface area contributed by atoms with E-state index in [-0.39, 0.29) is 24.0 Å². The van der Waals surface area contributed by atoms with Crippen LogP contribution in [0.2, 0.25) is 0 Å². The normalized spacial score (nSPS) is 16.5. The molecule has 0 radical (unpaired) electrons. The first-order valence-electron chi connectivity index (χ1n) is 7.68. The highest BCUT2D eigenvalue weighted by atomic mass is 127. The Morgan fingerprint density at radius 2 is 2.09 bits per heavy atom. The third-order valence-corrected chi connectivity index (χ3v) is 3.96. The lowest BCUT2D eigenvalue weighted by atomic mass is 9.96. The summed E-state index contributed by atoms with van der Waals surface area (Å²) < 4.78 is 1.99. The molecule has 0 atom stereocenters. The van der Waals surface area contributed by atoms with E-state index in [2.05, 4.69) is 20.5 Å². The minimum absolute atomic E-state index is 0. The second-order valence-electron chi connectivity index (χ2n) is 5.54. The Morgan fingerprint density at radius 1 is 1.27 bits per heavy atom. The Bertz CT molecular complexity index is 617. The maximum Gasteiger partial charge on any atom is 0.188 e. The van der Waals surface area contributed by atoms with E-state index in [1.54, 1.807) is 0 Å². The van der Waals surface area contributed by atoms with Crippen LogP contribution in [-0.4, -0.2) is 33.1 Å². The molecule has 2 heterocycles. The SMILES string of the molecule is I.NC(=NCCc1nnc2ccccn12)NC1CCCCC1. The van der Waals surface area contributed by atoms with Gasteiger partial charge in [0.2, 0.25) is 0 Å². The quantitative estimate of drug-likeness (QED) is 0.457. The monoisotopic (exact) mass is 414 g/mol. The van der Waals surface area contributed by atoms with Gasteiger partial charge in [-0.1, -0.05) is 25.3 Å². The van der Waals surface area contributed by atoms with Crippen molar-refractivity contribution in [3.05, 3.63) is 30.2 Å². The Kier molecular flexibility index (Phi) is 6.41. The topological polar surface area (TPSA) is 80.6 Å². The van der Waals surface area contributed by atoms with Crippen molar-refractivity contribution in [3.63, 3.8) is 0 Å². The van der Waals surface area contributed by atoms with Gasteiger partial charge in [-0.05, 0) is 25.0 Å². The number of nitrogens with one attached hydrogen (secondary N) is 1. The maximum atomic E-state index is 5.95. The van der Waals surface area contributed by atoms with Gasteiger partial charge >= 0.3 is 0 Å². The fourth-order valence-corrected chi connectivity index (χ4v) is 2.84. The van der Waals surface area contributed by atoms with Crippen molar-refractivity contribution < 1.29 is 0 Å². The van der Waals surface area contributed by atoms with Gasteiger partial charge in [0.15, 0.2) is 11.6 Å². The molecule has 120 valence electrons. The summed E-state index contributed by atoms with van der Waals surface area (Å²) in [4.78, 5) is 4.40. The predicted octanol–water partition coefficient (Wildman–Crippen LogP) is 2.13. The largest absolute Gasteiger partial charge is 0.370 e. The predicted molar refractivity (Wildman–Crippen MR) is 98.6 cm³/mol. The van der Waals surface area contributed by atoms with Crippen molar-refractivity contribution in [1.82, 2.24) is 19.9 Å². The van der Waals surface area contributed by atoms with E-state index in [0.717, 1.165) is 17.9 Å². The number of nitrogens with two attached hydrogens (primary N) is 1. The number of aromatic nitrogens is 3. The molecule has 6 nitrogen and oxygen atoms in total. The fourth-order valence-electron chi connectivity index (χ4n) is 2.84. The van der Waals surface area contributed by atoms with Gasteiger partial charge in [-0.15, -0.1) is 34.2 Å². The first kappa shape index (κ1) is 17.0. The summed E-state index contributed by atoms with van der Waals surface area (Å²) in [5, 5.41) is 11.6. The number of aliphatic imine (C=N–C) groups is 1. The van der Waals surface area contributed by atoms with E-state index >= 15 is 0 Å². The standard InChI is InChI=1S/C15H22N6.HI/c16-15(18-12-6-2-1-3-7-12)17-10-9-14-20-19-13-8-4-5-11-21(13)14;/h4-5,8,11-12H,1-3,6-7,9-10H2,(H3,16,17,18);1H.